The van der Waals surface area contributed by atoms with Gasteiger partial charge < -0.3 is 4.74 Å². The largest absolute Gasteiger partial charge is 0.466 e. The smallest absolute Gasteiger partial charge is 0.311 e. The molecule has 21 heavy (non-hydrogen) atoms. The number of amides is 1. The first-order chi connectivity index (χ1) is 10.1. The van der Waals surface area contributed by atoms with E-state index in [1.54, 1.807) is 23.2 Å². The summed E-state index contributed by atoms with van der Waals surface area (Å²) in [6, 6.07) is 0. The molecule has 112 valence electrons. The molecule has 0 saturated heterocycles. The molecule has 0 fully saturated rings. The van der Waals surface area contributed by atoms with Crippen LogP contribution in [-0.2, 0) is 22.5 Å². The van der Waals surface area contributed by atoms with Crippen molar-refractivity contribution in [3.8, 4) is 0 Å². The van der Waals surface area contributed by atoms with Crippen molar-refractivity contribution in [1.29, 1.82) is 0 Å². The van der Waals surface area contributed by atoms with Crippen LogP contribution in [0.2, 0.25) is 0 Å². The topological polar surface area (TPSA) is 86.1 Å². The van der Waals surface area contributed by atoms with Gasteiger partial charge in [0.15, 0.2) is 5.13 Å². The van der Waals surface area contributed by atoms with Crippen LogP contribution in [0.25, 0.3) is 0 Å². The lowest BCUT2D eigenvalue weighted by Crippen LogP contribution is -2.11. The standard InChI is InChI=1S/C13H16N4O3S/c1-3-17-7-9(6-14-17)12(19)16-13-15-10(8-21-13)5-11(18)20-4-2/h6-8H,3-5H2,1-2H3,(H,15,16,19). The van der Waals surface area contributed by atoms with Gasteiger partial charge in [-0.05, 0) is 13.8 Å². The Morgan fingerprint density at radius 3 is 2.90 bits per heavy atom. The number of anilines is 1. The fourth-order valence-electron chi connectivity index (χ4n) is 1.63. The zero-order valence-corrected chi connectivity index (χ0v) is 12.6. The van der Waals surface area contributed by atoms with Gasteiger partial charge in [-0.15, -0.1) is 11.3 Å². The third kappa shape index (κ3) is 4.12. The molecular weight excluding hydrogens is 292 g/mol. The summed E-state index contributed by atoms with van der Waals surface area (Å²) in [5, 5.41) is 8.90. The summed E-state index contributed by atoms with van der Waals surface area (Å²) in [6.45, 7) is 4.74. The van der Waals surface area contributed by atoms with Crippen LogP contribution in [0.1, 0.15) is 29.9 Å². The molecule has 8 heteroatoms. The Bertz CT molecular complexity index is 635. The summed E-state index contributed by atoms with van der Waals surface area (Å²) >= 11 is 1.27. The Morgan fingerprint density at radius 2 is 2.24 bits per heavy atom. The van der Waals surface area contributed by atoms with Crippen molar-refractivity contribution in [2.24, 2.45) is 0 Å². The molecule has 7 nitrogen and oxygen atoms in total. The maximum absolute atomic E-state index is 12.0. The highest BCUT2D eigenvalue weighted by Crippen LogP contribution is 2.17. The molecular formula is C13H16N4O3S. The van der Waals surface area contributed by atoms with Crippen molar-refractivity contribution < 1.29 is 14.3 Å². The minimum absolute atomic E-state index is 0.105. The Balaban J connectivity index is 1.95. The SMILES string of the molecule is CCOC(=O)Cc1csc(NC(=O)c2cnn(CC)c2)n1. The minimum atomic E-state index is -0.329. The average molecular weight is 308 g/mol. The molecule has 1 amide bonds. The van der Waals surface area contributed by atoms with E-state index in [2.05, 4.69) is 15.4 Å². The maximum atomic E-state index is 12.0. The molecule has 2 heterocycles. The van der Waals surface area contributed by atoms with Gasteiger partial charge in [0, 0.05) is 18.1 Å². The molecule has 0 unspecified atom stereocenters. The van der Waals surface area contributed by atoms with Crippen LogP contribution in [0.15, 0.2) is 17.8 Å². The summed E-state index contributed by atoms with van der Waals surface area (Å²) in [5.74, 6) is -0.600. The Labute approximate surface area is 125 Å². The Morgan fingerprint density at radius 1 is 1.43 bits per heavy atom. The Kier molecular flexibility index (Phi) is 5.04. The molecule has 0 aliphatic rings. The van der Waals surface area contributed by atoms with Crippen LogP contribution >= 0.6 is 11.3 Å². The number of aromatic nitrogens is 3. The van der Waals surface area contributed by atoms with Gasteiger partial charge in [0.2, 0.25) is 0 Å². The van der Waals surface area contributed by atoms with Crippen LogP contribution in [0.5, 0.6) is 0 Å². The van der Waals surface area contributed by atoms with Gasteiger partial charge in [0.25, 0.3) is 5.91 Å². The van der Waals surface area contributed by atoms with Crippen LogP contribution in [0, 0.1) is 0 Å². The van der Waals surface area contributed by atoms with Crippen LogP contribution in [0.3, 0.4) is 0 Å². The molecule has 0 bridgehead atoms. The van der Waals surface area contributed by atoms with Crippen LogP contribution in [0.4, 0.5) is 5.13 Å². The molecule has 0 spiro atoms. The van der Waals surface area contributed by atoms with Crippen molar-refractivity contribution in [2.45, 2.75) is 26.8 Å². The number of rotatable bonds is 6. The lowest BCUT2D eigenvalue weighted by molar-refractivity contribution is -0.142. The third-order valence-corrected chi connectivity index (χ3v) is 3.43. The normalized spacial score (nSPS) is 10.4. The van der Waals surface area contributed by atoms with Crippen molar-refractivity contribution >= 4 is 28.3 Å². The summed E-state index contributed by atoms with van der Waals surface area (Å²) < 4.78 is 6.52. The third-order valence-electron chi connectivity index (χ3n) is 2.62. The molecule has 0 aliphatic carbocycles. The van der Waals surface area contributed by atoms with Gasteiger partial charge in [-0.3, -0.25) is 19.6 Å². The molecule has 2 aromatic heterocycles. The molecule has 2 aromatic rings. The van der Waals surface area contributed by atoms with Crippen molar-refractivity contribution in [2.75, 3.05) is 11.9 Å². The van der Waals surface area contributed by atoms with Gasteiger partial charge in [-0.2, -0.15) is 5.10 Å². The second-order valence-corrected chi connectivity index (χ2v) is 5.02. The lowest BCUT2D eigenvalue weighted by atomic mass is 10.3. The first-order valence-corrected chi connectivity index (χ1v) is 7.44. The van der Waals surface area contributed by atoms with Gasteiger partial charge in [-0.25, -0.2) is 4.98 Å². The molecule has 0 aliphatic heterocycles. The van der Waals surface area contributed by atoms with E-state index in [0.717, 1.165) is 0 Å². The summed E-state index contributed by atoms with van der Waals surface area (Å²) in [6.07, 6.45) is 3.28. The van der Waals surface area contributed by atoms with E-state index < -0.39 is 0 Å². The number of nitrogens with one attached hydrogen (secondary N) is 1. The second-order valence-electron chi connectivity index (χ2n) is 4.16. The molecule has 0 atom stereocenters. The number of hydrogen-bond donors (Lipinski definition) is 1. The predicted octanol–water partition coefficient (Wildman–Crippen LogP) is 1.72. The average Bonchev–Trinajstić information content (AvgIpc) is 3.08. The number of carbonyl (C=O) groups is 2. The van der Waals surface area contributed by atoms with E-state index in [-0.39, 0.29) is 18.3 Å². The fourth-order valence-corrected chi connectivity index (χ4v) is 2.33. The zero-order chi connectivity index (χ0) is 15.2. The molecule has 1 N–H and O–H groups in total. The van der Waals surface area contributed by atoms with Crippen LogP contribution < -0.4 is 5.32 Å². The monoisotopic (exact) mass is 308 g/mol. The molecule has 2 rings (SSSR count). The number of ether oxygens (including phenoxy) is 1. The number of hydrogen-bond acceptors (Lipinski definition) is 6. The number of thiazole rings is 1. The maximum Gasteiger partial charge on any atom is 0.311 e. The van der Waals surface area contributed by atoms with Gasteiger partial charge in [0.1, 0.15) is 0 Å². The van der Waals surface area contributed by atoms with E-state index in [1.165, 1.54) is 17.5 Å². The first kappa shape index (κ1) is 15.2. The fraction of sp³-hybridized carbons (Fsp3) is 0.385. The summed E-state index contributed by atoms with van der Waals surface area (Å²) in [5.41, 5.74) is 1.05. The summed E-state index contributed by atoms with van der Waals surface area (Å²) in [4.78, 5) is 27.5. The highest BCUT2D eigenvalue weighted by molar-refractivity contribution is 7.14. The van der Waals surface area contributed by atoms with Crippen molar-refractivity contribution in [3.05, 3.63) is 29.0 Å². The van der Waals surface area contributed by atoms with Gasteiger partial charge in [0.05, 0.1) is 30.5 Å². The predicted molar refractivity (Wildman–Crippen MR) is 78.3 cm³/mol. The summed E-state index contributed by atoms with van der Waals surface area (Å²) in [7, 11) is 0. The van der Waals surface area contributed by atoms with Gasteiger partial charge in [-0.1, -0.05) is 0 Å². The highest BCUT2D eigenvalue weighted by atomic mass is 32.1. The first-order valence-electron chi connectivity index (χ1n) is 6.56. The second kappa shape index (κ2) is 6.98. The zero-order valence-electron chi connectivity index (χ0n) is 11.8. The minimum Gasteiger partial charge on any atom is -0.466 e. The quantitative estimate of drug-likeness (QED) is 0.821. The molecule has 0 radical (unpaired) electrons. The van der Waals surface area contributed by atoms with Crippen molar-refractivity contribution in [1.82, 2.24) is 14.8 Å². The van der Waals surface area contributed by atoms with Crippen molar-refractivity contribution in [3.63, 3.8) is 0 Å². The number of aryl methyl sites for hydroxylation is 1. The van der Waals surface area contributed by atoms with Crippen LogP contribution in [-0.4, -0.2) is 33.2 Å². The lowest BCUT2D eigenvalue weighted by Gasteiger charge is -1.99. The van der Waals surface area contributed by atoms with E-state index in [1.807, 2.05) is 6.92 Å². The number of carbonyl (C=O) groups excluding carboxylic acids is 2. The van der Waals surface area contributed by atoms with E-state index in [9.17, 15) is 9.59 Å². The Hall–Kier alpha value is -2.22. The molecule has 0 saturated carbocycles. The number of nitrogens with zero attached hydrogens (tertiary/aromatic N) is 3. The van der Waals surface area contributed by atoms with Gasteiger partial charge >= 0.3 is 5.97 Å². The highest BCUT2D eigenvalue weighted by Gasteiger charge is 2.12. The van der Waals surface area contributed by atoms with E-state index in [4.69, 9.17) is 4.74 Å². The van der Waals surface area contributed by atoms with E-state index >= 15 is 0 Å². The molecule has 0 aromatic carbocycles. The van der Waals surface area contributed by atoms with E-state index in [0.29, 0.717) is 29.5 Å². The number of esters is 1.